The van der Waals surface area contributed by atoms with Crippen LogP contribution in [0.2, 0.25) is 0 Å². The first kappa shape index (κ1) is 15.8. The lowest BCUT2D eigenvalue weighted by Crippen LogP contribution is -2.27. The summed E-state index contributed by atoms with van der Waals surface area (Å²) in [4.78, 5) is 12.3. The van der Waals surface area contributed by atoms with E-state index in [2.05, 4.69) is 15.9 Å². The summed E-state index contributed by atoms with van der Waals surface area (Å²) >= 11 is 3.36. The maximum Gasteiger partial charge on any atom is 0.419 e. The van der Waals surface area contributed by atoms with Gasteiger partial charge in [0, 0.05) is 16.2 Å². The molecule has 0 fully saturated rings. The molecular weight excluding hydrogens is 337 g/mol. The zero-order valence-corrected chi connectivity index (χ0v) is 14.0. The number of aryl methyl sites for hydroxylation is 1. The first-order valence-corrected chi connectivity index (χ1v) is 7.34. The normalized spacial score (nSPS) is 11.5. The van der Waals surface area contributed by atoms with Crippen LogP contribution in [0.5, 0.6) is 0 Å². The highest BCUT2D eigenvalue weighted by Crippen LogP contribution is 2.29. The molecule has 1 heterocycles. The Morgan fingerprint density at radius 2 is 1.95 bits per heavy atom. The Balaban J connectivity index is 2.48. The quantitative estimate of drug-likeness (QED) is 0.709. The Kier molecular flexibility index (Phi) is 4.23. The summed E-state index contributed by atoms with van der Waals surface area (Å²) in [7, 11) is 0. The average molecular weight is 354 g/mol. The van der Waals surface area contributed by atoms with Gasteiger partial charge in [-0.05, 0) is 73.5 Å². The number of carbonyl (C=O) groups is 1. The molecule has 21 heavy (non-hydrogen) atoms. The second-order valence-corrected chi connectivity index (χ2v) is 6.77. The van der Waals surface area contributed by atoms with Crippen molar-refractivity contribution in [1.29, 1.82) is 0 Å². The number of benzene rings is 1. The largest absolute Gasteiger partial charge is 0.443 e. The van der Waals surface area contributed by atoms with Gasteiger partial charge in [0.1, 0.15) is 11.4 Å². The van der Waals surface area contributed by atoms with Gasteiger partial charge in [-0.25, -0.2) is 9.18 Å². The molecule has 0 aliphatic heterocycles. The molecule has 0 atom stereocenters. The Labute approximate surface area is 131 Å². The lowest BCUT2D eigenvalue weighted by molar-refractivity contribution is 0.0540. The second-order valence-electron chi connectivity index (χ2n) is 5.85. The molecule has 0 saturated heterocycles. The van der Waals surface area contributed by atoms with Gasteiger partial charge in [0.15, 0.2) is 0 Å². The van der Waals surface area contributed by atoms with Crippen molar-refractivity contribution in [1.82, 2.24) is 4.57 Å². The van der Waals surface area contributed by atoms with E-state index in [0.717, 1.165) is 15.6 Å². The summed E-state index contributed by atoms with van der Waals surface area (Å²) in [6.45, 7) is 7.24. The predicted molar refractivity (Wildman–Crippen MR) is 83.9 cm³/mol. The molecule has 1 aromatic carbocycles. The van der Waals surface area contributed by atoms with E-state index in [9.17, 15) is 9.18 Å². The van der Waals surface area contributed by atoms with E-state index in [-0.39, 0.29) is 5.82 Å². The molecule has 0 amide bonds. The standard InChI is InChI=1S/C16H17BrFNO2/c1-10-7-12(18)5-6-13(10)14-8-11(17)9-19(14)15(20)21-16(2,3)4/h5-9H,1-4H3. The summed E-state index contributed by atoms with van der Waals surface area (Å²) in [5.41, 5.74) is 1.62. The summed E-state index contributed by atoms with van der Waals surface area (Å²) < 4.78 is 20.8. The van der Waals surface area contributed by atoms with E-state index in [1.807, 2.05) is 26.8 Å². The molecule has 0 saturated carbocycles. The van der Waals surface area contributed by atoms with Gasteiger partial charge in [0.25, 0.3) is 0 Å². The van der Waals surface area contributed by atoms with Crippen LogP contribution in [-0.4, -0.2) is 16.3 Å². The number of halogens is 2. The van der Waals surface area contributed by atoms with Crippen LogP contribution in [0.1, 0.15) is 26.3 Å². The Morgan fingerprint density at radius 3 is 2.52 bits per heavy atom. The molecule has 0 N–H and O–H groups in total. The minimum atomic E-state index is -0.580. The monoisotopic (exact) mass is 353 g/mol. The van der Waals surface area contributed by atoms with Crippen LogP contribution in [-0.2, 0) is 4.74 Å². The number of ether oxygens (including phenoxy) is 1. The van der Waals surface area contributed by atoms with Crippen LogP contribution in [0.3, 0.4) is 0 Å². The van der Waals surface area contributed by atoms with Crippen molar-refractivity contribution < 1.29 is 13.9 Å². The fraction of sp³-hybridized carbons (Fsp3) is 0.312. The van der Waals surface area contributed by atoms with Crippen LogP contribution in [0.15, 0.2) is 34.9 Å². The molecule has 0 unspecified atom stereocenters. The zero-order valence-electron chi connectivity index (χ0n) is 12.4. The molecule has 3 nitrogen and oxygen atoms in total. The third kappa shape index (κ3) is 3.73. The topological polar surface area (TPSA) is 31.2 Å². The van der Waals surface area contributed by atoms with Crippen molar-refractivity contribution in [2.45, 2.75) is 33.3 Å². The highest BCUT2D eigenvalue weighted by molar-refractivity contribution is 9.10. The van der Waals surface area contributed by atoms with Gasteiger partial charge in [0.05, 0.1) is 5.69 Å². The fourth-order valence-corrected chi connectivity index (χ4v) is 2.44. The molecule has 1 aromatic heterocycles. The van der Waals surface area contributed by atoms with Crippen LogP contribution >= 0.6 is 15.9 Å². The number of hydrogen-bond acceptors (Lipinski definition) is 2. The van der Waals surface area contributed by atoms with Crippen LogP contribution in [0.4, 0.5) is 9.18 Å². The van der Waals surface area contributed by atoms with E-state index in [1.54, 1.807) is 19.2 Å². The minimum Gasteiger partial charge on any atom is -0.443 e. The third-order valence-corrected chi connectivity index (χ3v) is 3.27. The Bertz CT molecular complexity index is 686. The zero-order chi connectivity index (χ0) is 15.8. The first-order chi connectivity index (χ1) is 9.67. The van der Waals surface area contributed by atoms with E-state index < -0.39 is 11.7 Å². The fourth-order valence-electron chi connectivity index (χ4n) is 2.01. The van der Waals surface area contributed by atoms with Gasteiger partial charge in [-0.1, -0.05) is 0 Å². The molecule has 0 spiro atoms. The number of rotatable bonds is 1. The maximum absolute atomic E-state index is 13.2. The van der Waals surface area contributed by atoms with Crippen LogP contribution in [0.25, 0.3) is 11.3 Å². The summed E-state index contributed by atoms with van der Waals surface area (Å²) in [6, 6.07) is 6.29. The number of aromatic nitrogens is 1. The van der Waals surface area contributed by atoms with Crippen molar-refractivity contribution in [3.8, 4) is 11.3 Å². The van der Waals surface area contributed by atoms with Crippen LogP contribution < -0.4 is 0 Å². The molecule has 5 heteroatoms. The first-order valence-electron chi connectivity index (χ1n) is 6.55. The lowest BCUT2D eigenvalue weighted by Gasteiger charge is -2.20. The molecule has 112 valence electrons. The lowest BCUT2D eigenvalue weighted by atomic mass is 10.1. The van der Waals surface area contributed by atoms with Crippen molar-refractivity contribution in [2.24, 2.45) is 0 Å². The smallest absolute Gasteiger partial charge is 0.419 e. The Hall–Kier alpha value is -1.62. The van der Waals surface area contributed by atoms with Gasteiger partial charge in [0.2, 0.25) is 0 Å². The van der Waals surface area contributed by atoms with Crippen molar-refractivity contribution >= 4 is 22.0 Å². The number of carbonyl (C=O) groups excluding carboxylic acids is 1. The van der Waals surface area contributed by atoms with Gasteiger partial charge >= 0.3 is 6.09 Å². The number of hydrogen-bond donors (Lipinski definition) is 0. The third-order valence-electron chi connectivity index (χ3n) is 2.84. The van der Waals surface area contributed by atoms with E-state index in [4.69, 9.17) is 4.74 Å². The minimum absolute atomic E-state index is 0.300. The maximum atomic E-state index is 13.2. The van der Waals surface area contributed by atoms with Crippen LogP contribution in [0, 0.1) is 12.7 Å². The summed E-state index contributed by atoms with van der Waals surface area (Å²) in [6.07, 6.45) is 1.18. The summed E-state index contributed by atoms with van der Waals surface area (Å²) in [5, 5.41) is 0. The second kappa shape index (κ2) is 5.64. The van der Waals surface area contributed by atoms with Gasteiger partial charge in [-0.15, -0.1) is 0 Å². The summed E-state index contributed by atoms with van der Waals surface area (Å²) in [5.74, 6) is -0.300. The van der Waals surface area contributed by atoms with Gasteiger partial charge in [-0.3, -0.25) is 4.57 Å². The number of nitrogens with zero attached hydrogens (tertiary/aromatic N) is 1. The molecule has 0 radical (unpaired) electrons. The Morgan fingerprint density at radius 1 is 1.29 bits per heavy atom. The van der Waals surface area contributed by atoms with Gasteiger partial charge in [-0.2, -0.15) is 0 Å². The van der Waals surface area contributed by atoms with E-state index >= 15 is 0 Å². The molecule has 0 bridgehead atoms. The van der Waals surface area contributed by atoms with E-state index in [0.29, 0.717) is 5.69 Å². The van der Waals surface area contributed by atoms with Crippen molar-refractivity contribution in [2.75, 3.05) is 0 Å². The highest BCUT2D eigenvalue weighted by atomic mass is 79.9. The SMILES string of the molecule is Cc1cc(F)ccc1-c1cc(Br)cn1C(=O)OC(C)(C)C. The highest BCUT2D eigenvalue weighted by Gasteiger charge is 2.21. The van der Waals surface area contributed by atoms with Crippen molar-refractivity contribution in [3.63, 3.8) is 0 Å². The predicted octanol–water partition coefficient (Wildman–Crippen LogP) is 5.15. The molecule has 0 aliphatic rings. The molecular formula is C16H17BrFNO2. The van der Waals surface area contributed by atoms with Gasteiger partial charge < -0.3 is 4.74 Å². The molecule has 0 aliphatic carbocycles. The molecule has 2 rings (SSSR count). The average Bonchev–Trinajstić information content (AvgIpc) is 2.69. The van der Waals surface area contributed by atoms with Crippen molar-refractivity contribution in [3.05, 3.63) is 46.3 Å². The molecule has 2 aromatic rings. The van der Waals surface area contributed by atoms with E-state index in [1.165, 1.54) is 16.7 Å².